The highest BCUT2D eigenvalue weighted by Gasteiger charge is 2.33. The molecule has 0 aliphatic carbocycles. The van der Waals surface area contributed by atoms with E-state index in [0.717, 1.165) is 32.5 Å². The summed E-state index contributed by atoms with van der Waals surface area (Å²) in [6.07, 6.45) is 2.32. The molecule has 2 rings (SSSR count). The SMILES string of the molecule is CCCCN(C(=O)CC1C(=O)NCCN1Cc1cccs1)C(C)C. The number of hydrogen-bond donors (Lipinski definition) is 1. The monoisotopic (exact) mass is 351 g/mol. The Kier molecular flexibility index (Phi) is 7.24. The lowest BCUT2D eigenvalue weighted by atomic mass is 10.1. The zero-order valence-electron chi connectivity index (χ0n) is 15.0. The van der Waals surface area contributed by atoms with Crippen molar-refractivity contribution < 1.29 is 9.59 Å². The molecule has 1 unspecified atom stereocenters. The van der Waals surface area contributed by atoms with E-state index in [9.17, 15) is 9.59 Å². The van der Waals surface area contributed by atoms with Crippen LogP contribution in [0.3, 0.4) is 0 Å². The molecule has 0 saturated carbocycles. The van der Waals surface area contributed by atoms with Gasteiger partial charge >= 0.3 is 0 Å². The topological polar surface area (TPSA) is 52.7 Å². The standard InChI is InChI=1S/C18H29N3O2S/c1-4-5-9-21(14(2)3)17(22)12-16-18(23)19-8-10-20(16)13-15-7-6-11-24-15/h6-7,11,14,16H,4-5,8-10,12-13H2,1-3H3,(H,19,23). The van der Waals surface area contributed by atoms with Gasteiger partial charge in [-0.15, -0.1) is 11.3 Å². The van der Waals surface area contributed by atoms with Gasteiger partial charge in [-0.1, -0.05) is 19.4 Å². The molecule has 1 aromatic heterocycles. The van der Waals surface area contributed by atoms with Crippen LogP contribution in [0.2, 0.25) is 0 Å². The maximum atomic E-state index is 12.8. The molecule has 1 N–H and O–H groups in total. The van der Waals surface area contributed by atoms with E-state index < -0.39 is 0 Å². The molecule has 1 aliphatic heterocycles. The van der Waals surface area contributed by atoms with Crippen molar-refractivity contribution in [3.05, 3.63) is 22.4 Å². The van der Waals surface area contributed by atoms with Crippen LogP contribution in [0.5, 0.6) is 0 Å². The number of rotatable bonds is 8. The maximum Gasteiger partial charge on any atom is 0.237 e. The van der Waals surface area contributed by atoms with Crippen molar-refractivity contribution in [1.29, 1.82) is 0 Å². The molecular formula is C18H29N3O2S. The third-order valence-electron chi connectivity index (χ3n) is 4.44. The van der Waals surface area contributed by atoms with Gasteiger partial charge in [0.05, 0.1) is 12.5 Å². The fourth-order valence-corrected chi connectivity index (χ4v) is 3.79. The zero-order valence-corrected chi connectivity index (χ0v) is 15.8. The molecule has 1 aliphatic rings. The minimum absolute atomic E-state index is 0.0228. The summed E-state index contributed by atoms with van der Waals surface area (Å²) in [5, 5.41) is 4.96. The molecule has 1 aromatic rings. The second-order valence-electron chi connectivity index (χ2n) is 6.60. The predicted molar refractivity (Wildman–Crippen MR) is 97.9 cm³/mol. The van der Waals surface area contributed by atoms with Crippen molar-refractivity contribution in [2.24, 2.45) is 0 Å². The molecular weight excluding hydrogens is 322 g/mol. The lowest BCUT2D eigenvalue weighted by Crippen LogP contribution is -2.56. The van der Waals surface area contributed by atoms with Gasteiger partial charge in [-0.2, -0.15) is 0 Å². The van der Waals surface area contributed by atoms with Gasteiger partial charge in [-0.25, -0.2) is 0 Å². The zero-order chi connectivity index (χ0) is 17.5. The van der Waals surface area contributed by atoms with Crippen molar-refractivity contribution in [3.63, 3.8) is 0 Å². The number of amides is 2. The van der Waals surface area contributed by atoms with Gasteiger partial charge in [0.25, 0.3) is 0 Å². The molecule has 0 radical (unpaired) electrons. The number of piperazine rings is 1. The number of nitrogens with one attached hydrogen (secondary N) is 1. The van der Waals surface area contributed by atoms with Crippen LogP contribution < -0.4 is 5.32 Å². The molecule has 6 heteroatoms. The maximum absolute atomic E-state index is 12.8. The molecule has 24 heavy (non-hydrogen) atoms. The van der Waals surface area contributed by atoms with Gasteiger partial charge in [0.1, 0.15) is 0 Å². The van der Waals surface area contributed by atoms with E-state index in [4.69, 9.17) is 0 Å². The average molecular weight is 352 g/mol. The first-order valence-corrected chi connectivity index (χ1v) is 9.74. The van der Waals surface area contributed by atoms with E-state index in [-0.39, 0.29) is 30.3 Å². The van der Waals surface area contributed by atoms with E-state index in [1.54, 1.807) is 11.3 Å². The highest BCUT2D eigenvalue weighted by Crippen LogP contribution is 2.18. The van der Waals surface area contributed by atoms with Gasteiger partial charge in [0.2, 0.25) is 11.8 Å². The van der Waals surface area contributed by atoms with E-state index in [2.05, 4.69) is 23.2 Å². The normalized spacial score (nSPS) is 18.7. The van der Waals surface area contributed by atoms with E-state index in [0.29, 0.717) is 6.54 Å². The minimum Gasteiger partial charge on any atom is -0.353 e. The predicted octanol–water partition coefficient (Wildman–Crippen LogP) is 2.48. The number of carbonyl (C=O) groups is 2. The first kappa shape index (κ1) is 18.9. The molecule has 0 bridgehead atoms. The molecule has 1 atom stereocenters. The molecule has 1 saturated heterocycles. The summed E-state index contributed by atoms with van der Waals surface area (Å²) in [7, 11) is 0. The number of nitrogens with zero attached hydrogens (tertiary/aromatic N) is 2. The number of thiophene rings is 1. The minimum atomic E-state index is -0.365. The number of hydrogen-bond acceptors (Lipinski definition) is 4. The second kappa shape index (κ2) is 9.18. The van der Waals surface area contributed by atoms with Gasteiger partial charge in [0.15, 0.2) is 0 Å². The Hall–Kier alpha value is -1.40. The molecule has 0 aromatic carbocycles. The van der Waals surface area contributed by atoms with E-state index in [1.165, 1.54) is 4.88 Å². The highest BCUT2D eigenvalue weighted by atomic mass is 32.1. The van der Waals surface area contributed by atoms with E-state index in [1.807, 2.05) is 30.2 Å². The summed E-state index contributed by atoms with van der Waals surface area (Å²) in [5.74, 6) is 0.0574. The number of unbranched alkanes of at least 4 members (excludes halogenated alkanes) is 1. The average Bonchev–Trinajstić information content (AvgIpc) is 3.04. The fraction of sp³-hybridized carbons (Fsp3) is 0.667. The van der Waals surface area contributed by atoms with Crippen molar-refractivity contribution in [1.82, 2.24) is 15.1 Å². The smallest absolute Gasteiger partial charge is 0.237 e. The van der Waals surface area contributed by atoms with E-state index >= 15 is 0 Å². The van der Waals surface area contributed by atoms with Gasteiger partial charge < -0.3 is 10.2 Å². The largest absolute Gasteiger partial charge is 0.353 e. The quantitative estimate of drug-likeness (QED) is 0.783. The lowest BCUT2D eigenvalue weighted by molar-refractivity contribution is -0.140. The molecule has 134 valence electrons. The van der Waals surface area contributed by atoms with Crippen LogP contribution in [-0.2, 0) is 16.1 Å². The Morgan fingerprint density at radius 1 is 1.50 bits per heavy atom. The Balaban J connectivity index is 2.04. The van der Waals surface area contributed by atoms with Crippen molar-refractivity contribution in [2.75, 3.05) is 19.6 Å². The van der Waals surface area contributed by atoms with Crippen LogP contribution in [0.25, 0.3) is 0 Å². The first-order chi connectivity index (χ1) is 11.5. The summed E-state index contributed by atoms with van der Waals surface area (Å²) in [6, 6.07) is 3.91. The summed E-state index contributed by atoms with van der Waals surface area (Å²) in [5.41, 5.74) is 0. The third-order valence-corrected chi connectivity index (χ3v) is 5.31. The van der Waals surface area contributed by atoms with Crippen LogP contribution in [0.1, 0.15) is 44.9 Å². The third kappa shape index (κ3) is 5.05. The summed E-state index contributed by atoms with van der Waals surface area (Å²) in [6.45, 7) is 9.15. The molecule has 5 nitrogen and oxygen atoms in total. The second-order valence-corrected chi connectivity index (χ2v) is 7.63. The van der Waals surface area contributed by atoms with Gasteiger partial charge in [-0.3, -0.25) is 14.5 Å². The Bertz CT molecular complexity index is 530. The van der Waals surface area contributed by atoms with Gasteiger partial charge in [0, 0.05) is 37.1 Å². The Morgan fingerprint density at radius 3 is 2.92 bits per heavy atom. The molecule has 2 heterocycles. The van der Waals surface area contributed by atoms with Crippen LogP contribution in [0.15, 0.2) is 17.5 Å². The molecule has 2 amide bonds. The van der Waals surface area contributed by atoms with Crippen LogP contribution in [0, 0.1) is 0 Å². The molecule has 0 spiro atoms. The lowest BCUT2D eigenvalue weighted by Gasteiger charge is -2.36. The summed E-state index contributed by atoms with van der Waals surface area (Å²) < 4.78 is 0. The molecule has 1 fully saturated rings. The van der Waals surface area contributed by atoms with Crippen molar-refractivity contribution >= 4 is 23.2 Å². The van der Waals surface area contributed by atoms with Crippen LogP contribution in [-0.4, -0.2) is 53.3 Å². The van der Waals surface area contributed by atoms with Gasteiger partial charge in [-0.05, 0) is 31.7 Å². The van der Waals surface area contributed by atoms with Crippen molar-refractivity contribution in [2.45, 2.75) is 58.7 Å². The first-order valence-electron chi connectivity index (χ1n) is 8.86. The Morgan fingerprint density at radius 2 is 2.29 bits per heavy atom. The van der Waals surface area contributed by atoms with Crippen LogP contribution in [0.4, 0.5) is 0 Å². The van der Waals surface area contributed by atoms with Crippen LogP contribution >= 0.6 is 11.3 Å². The summed E-state index contributed by atoms with van der Waals surface area (Å²) >= 11 is 1.69. The fourth-order valence-electron chi connectivity index (χ4n) is 3.06. The van der Waals surface area contributed by atoms with Crippen molar-refractivity contribution in [3.8, 4) is 0 Å². The summed E-state index contributed by atoms with van der Waals surface area (Å²) in [4.78, 5) is 30.4. The number of carbonyl (C=O) groups excluding carboxylic acids is 2. The Labute approximate surface area is 149 Å². The highest BCUT2D eigenvalue weighted by molar-refractivity contribution is 7.09.